The van der Waals surface area contributed by atoms with E-state index in [0.717, 1.165) is 17.0 Å². The molecular formula is C22H16ClNO5. The van der Waals surface area contributed by atoms with Crippen LogP contribution in [0.2, 0.25) is 5.02 Å². The van der Waals surface area contributed by atoms with Crippen molar-refractivity contribution < 1.29 is 18.7 Å². The molecule has 7 heteroatoms. The summed E-state index contributed by atoms with van der Waals surface area (Å²) in [5.74, 6) is -1.51. The molecule has 4 aromatic rings. The standard InChI is InChI=1S/C22H16ClNO5/c1-11-20(14-5-3-4-6-16(14)24-11)21(26)12(2)28-22(27)19-10-17(25)15-9-13(23)7-8-18(15)29-19/h3-10,12,24H,1-2H3/t12-/m0/s1. The number of fused-ring (bicyclic) bond motifs is 2. The number of benzene rings is 2. The molecule has 2 heterocycles. The summed E-state index contributed by atoms with van der Waals surface area (Å²) in [5, 5.41) is 1.40. The predicted molar refractivity (Wildman–Crippen MR) is 110 cm³/mol. The minimum Gasteiger partial charge on any atom is -0.449 e. The summed E-state index contributed by atoms with van der Waals surface area (Å²) in [6.45, 7) is 3.27. The zero-order valence-electron chi connectivity index (χ0n) is 15.6. The highest BCUT2D eigenvalue weighted by Crippen LogP contribution is 2.24. The number of aromatic nitrogens is 1. The number of carbonyl (C=O) groups is 2. The quantitative estimate of drug-likeness (QED) is 0.391. The van der Waals surface area contributed by atoms with E-state index < -0.39 is 17.5 Å². The zero-order valence-corrected chi connectivity index (χ0v) is 16.4. The highest BCUT2D eigenvalue weighted by Gasteiger charge is 2.26. The minimum absolute atomic E-state index is 0.209. The van der Waals surface area contributed by atoms with Gasteiger partial charge in [-0.1, -0.05) is 29.8 Å². The van der Waals surface area contributed by atoms with Crippen molar-refractivity contribution in [3.63, 3.8) is 0 Å². The minimum atomic E-state index is -1.06. The van der Waals surface area contributed by atoms with Gasteiger partial charge in [0.05, 0.1) is 5.39 Å². The van der Waals surface area contributed by atoms with Crippen LogP contribution in [0, 0.1) is 6.92 Å². The molecule has 0 aliphatic carbocycles. The van der Waals surface area contributed by atoms with Crippen molar-refractivity contribution in [2.75, 3.05) is 0 Å². The molecule has 146 valence electrons. The Kier molecular flexibility index (Phi) is 4.72. The molecule has 0 saturated carbocycles. The number of carbonyl (C=O) groups excluding carboxylic acids is 2. The van der Waals surface area contributed by atoms with Crippen molar-refractivity contribution in [1.29, 1.82) is 0 Å². The molecule has 0 aliphatic heterocycles. The van der Waals surface area contributed by atoms with Gasteiger partial charge in [-0.2, -0.15) is 0 Å². The molecule has 1 N–H and O–H groups in total. The molecule has 2 aromatic carbocycles. The number of halogens is 1. The molecule has 0 saturated heterocycles. The van der Waals surface area contributed by atoms with Crippen LogP contribution in [0.4, 0.5) is 0 Å². The second-order valence-electron chi connectivity index (χ2n) is 6.70. The van der Waals surface area contributed by atoms with E-state index >= 15 is 0 Å². The average Bonchev–Trinajstić information content (AvgIpc) is 3.03. The zero-order chi connectivity index (χ0) is 20.7. The summed E-state index contributed by atoms with van der Waals surface area (Å²) in [6, 6.07) is 12.9. The van der Waals surface area contributed by atoms with Crippen molar-refractivity contribution in [2.24, 2.45) is 0 Å². The smallest absolute Gasteiger partial charge is 0.375 e. The van der Waals surface area contributed by atoms with E-state index in [-0.39, 0.29) is 22.5 Å². The van der Waals surface area contributed by atoms with Crippen LogP contribution >= 0.6 is 11.6 Å². The number of aromatic amines is 1. The number of nitrogens with one attached hydrogen (secondary N) is 1. The topological polar surface area (TPSA) is 89.4 Å². The van der Waals surface area contributed by atoms with Crippen molar-refractivity contribution in [1.82, 2.24) is 4.98 Å². The monoisotopic (exact) mass is 409 g/mol. The summed E-state index contributed by atoms with van der Waals surface area (Å²) >= 11 is 5.89. The Morgan fingerprint density at radius 2 is 1.86 bits per heavy atom. The molecule has 6 nitrogen and oxygen atoms in total. The number of H-pyrrole nitrogens is 1. The third-order valence-electron chi connectivity index (χ3n) is 4.68. The van der Waals surface area contributed by atoms with Crippen LogP contribution in [0.1, 0.15) is 33.5 Å². The molecule has 29 heavy (non-hydrogen) atoms. The van der Waals surface area contributed by atoms with Crippen LogP contribution in [0.25, 0.3) is 21.9 Å². The third-order valence-corrected chi connectivity index (χ3v) is 4.92. The largest absolute Gasteiger partial charge is 0.449 e. The van der Waals surface area contributed by atoms with Gasteiger partial charge in [-0.15, -0.1) is 0 Å². The van der Waals surface area contributed by atoms with Crippen LogP contribution in [0.5, 0.6) is 0 Å². The molecular weight excluding hydrogens is 394 g/mol. The van der Waals surface area contributed by atoms with E-state index in [1.165, 1.54) is 19.1 Å². The Balaban J connectivity index is 1.62. The van der Waals surface area contributed by atoms with Gasteiger partial charge in [-0.05, 0) is 38.1 Å². The van der Waals surface area contributed by atoms with Crippen molar-refractivity contribution in [2.45, 2.75) is 20.0 Å². The third kappa shape index (κ3) is 3.43. The molecule has 2 aromatic heterocycles. The Morgan fingerprint density at radius 1 is 1.10 bits per heavy atom. The molecule has 0 aliphatic rings. The van der Waals surface area contributed by atoms with Gasteiger partial charge in [-0.25, -0.2) is 4.79 Å². The first-order valence-electron chi connectivity index (χ1n) is 8.91. The van der Waals surface area contributed by atoms with Crippen LogP contribution in [-0.4, -0.2) is 22.8 Å². The SMILES string of the molecule is Cc1[nH]c2ccccc2c1C(=O)[C@H](C)OC(=O)c1cc(=O)c2cc(Cl)ccc2o1. The lowest BCUT2D eigenvalue weighted by Gasteiger charge is -2.12. The first kappa shape index (κ1) is 19.0. The Bertz CT molecular complexity index is 1330. The van der Waals surface area contributed by atoms with Gasteiger partial charge in [-0.3, -0.25) is 9.59 Å². The number of Topliss-reactive ketones (excluding diaryl/α,β-unsaturated/α-hetero) is 1. The molecule has 0 unspecified atom stereocenters. The fourth-order valence-electron chi connectivity index (χ4n) is 3.30. The Morgan fingerprint density at radius 3 is 2.66 bits per heavy atom. The summed E-state index contributed by atoms with van der Waals surface area (Å²) in [5.41, 5.74) is 1.77. The number of hydrogen-bond acceptors (Lipinski definition) is 5. The van der Waals surface area contributed by atoms with Gasteiger partial charge >= 0.3 is 5.97 Å². The second kappa shape index (κ2) is 7.22. The Labute approximate surface area is 170 Å². The Hall–Kier alpha value is -3.38. The van der Waals surface area contributed by atoms with E-state index in [9.17, 15) is 14.4 Å². The van der Waals surface area contributed by atoms with E-state index in [4.69, 9.17) is 20.8 Å². The summed E-state index contributed by atoms with van der Waals surface area (Å²) < 4.78 is 10.8. The highest BCUT2D eigenvalue weighted by atomic mass is 35.5. The maximum Gasteiger partial charge on any atom is 0.375 e. The number of aryl methyl sites for hydroxylation is 1. The van der Waals surface area contributed by atoms with Gasteiger partial charge in [0, 0.05) is 33.2 Å². The maximum atomic E-state index is 12.9. The number of ketones is 1. The maximum absolute atomic E-state index is 12.9. The molecule has 0 amide bonds. The van der Waals surface area contributed by atoms with Crippen LogP contribution in [0.15, 0.2) is 57.7 Å². The molecule has 0 fully saturated rings. The van der Waals surface area contributed by atoms with E-state index in [1.54, 1.807) is 13.0 Å². The molecule has 0 spiro atoms. The lowest BCUT2D eigenvalue weighted by atomic mass is 10.0. The molecule has 0 bridgehead atoms. The summed E-state index contributed by atoms with van der Waals surface area (Å²) in [6.07, 6.45) is -1.06. The molecule has 0 radical (unpaired) electrons. The van der Waals surface area contributed by atoms with E-state index in [1.807, 2.05) is 24.3 Å². The highest BCUT2D eigenvalue weighted by molar-refractivity contribution is 6.31. The lowest BCUT2D eigenvalue weighted by Crippen LogP contribution is -2.25. The van der Waals surface area contributed by atoms with Gasteiger partial charge in [0.15, 0.2) is 11.5 Å². The fraction of sp³-hybridized carbons (Fsp3) is 0.136. The van der Waals surface area contributed by atoms with Crippen molar-refractivity contribution in [3.8, 4) is 0 Å². The molecule has 1 atom stereocenters. The van der Waals surface area contributed by atoms with E-state index in [0.29, 0.717) is 16.3 Å². The van der Waals surface area contributed by atoms with Crippen LogP contribution in [0.3, 0.4) is 0 Å². The van der Waals surface area contributed by atoms with Gasteiger partial charge < -0.3 is 14.1 Å². The first-order chi connectivity index (χ1) is 13.8. The lowest BCUT2D eigenvalue weighted by molar-refractivity contribution is 0.0290. The van der Waals surface area contributed by atoms with Crippen LogP contribution < -0.4 is 5.43 Å². The van der Waals surface area contributed by atoms with Crippen LogP contribution in [-0.2, 0) is 4.74 Å². The average molecular weight is 410 g/mol. The predicted octanol–water partition coefficient (Wildman–Crippen LogP) is 4.66. The number of para-hydroxylation sites is 1. The van der Waals surface area contributed by atoms with Gasteiger partial charge in [0.2, 0.25) is 11.5 Å². The number of rotatable bonds is 4. The van der Waals surface area contributed by atoms with Crippen molar-refractivity contribution in [3.05, 3.63) is 80.8 Å². The normalized spacial score (nSPS) is 12.2. The molecule has 4 rings (SSSR count). The second-order valence-corrected chi connectivity index (χ2v) is 7.13. The number of esters is 1. The first-order valence-corrected chi connectivity index (χ1v) is 9.29. The summed E-state index contributed by atoms with van der Waals surface area (Å²) in [4.78, 5) is 40.8. The summed E-state index contributed by atoms with van der Waals surface area (Å²) in [7, 11) is 0. The van der Waals surface area contributed by atoms with E-state index in [2.05, 4.69) is 4.98 Å². The van der Waals surface area contributed by atoms with Gasteiger partial charge in [0.25, 0.3) is 0 Å². The van der Waals surface area contributed by atoms with Crippen molar-refractivity contribution >= 4 is 45.2 Å². The fourth-order valence-corrected chi connectivity index (χ4v) is 3.47. The number of ether oxygens (including phenoxy) is 1. The number of hydrogen-bond donors (Lipinski definition) is 1. The van der Waals surface area contributed by atoms with Gasteiger partial charge in [0.1, 0.15) is 5.58 Å².